The minimum absolute atomic E-state index is 0.758. The second-order valence-corrected chi connectivity index (χ2v) is 8.00. The van der Waals surface area contributed by atoms with Gasteiger partial charge in [0.05, 0.1) is 7.11 Å². The zero-order chi connectivity index (χ0) is 17.8. The molecule has 3 rings (SSSR count). The number of nitrogens with zero attached hydrogens (tertiary/aromatic N) is 3. The van der Waals surface area contributed by atoms with Crippen molar-refractivity contribution < 1.29 is 4.74 Å². The fourth-order valence-electron chi connectivity index (χ4n) is 4.14. The molecule has 0 aliphatic carbocycles. The first-order chi connectivity index (χ1) is 12.1. The zero-order valence-corrected chi connectivity index (χ0v) is 16.6. The highest BCUT2D eigenvalue weighted by Gasteiger charge is 2.27. The Kier molecular flexibility index (Phi) is 6.61. The number of methoxy groups -OCH3 is 1. The highest BCUT2D eigenvalue weighted by atomic mass is 35.5. The molecule has 0 amide bonds. The van der Waals surface area contributed by atoms with Gasteiger partial charge >= 0.3 is 0 Å². The summed E-state index contributed by atoms with van der Waals surface area (Å²) in [7, 11) is 1.67. The molecule has 0 radical (unpaired) electrons. The van der Waals surface area contributed by atoms with Gasteiger partial charge in [0.25, 0.3) is 0 Å². The molecule has 0 unspecified atom stereocenters. The fourth-order valence-corrected chi connectivity index (χ4v) is 4.37. The summed E-state index contributed by atoms with van der Waals surface area (Å²) in [5, 5.41) is 0.804. The summed E-state index contributed by atoms with van der Waals surface area (Å²) in [4.78, 5) is 7.80. The molecule has 1 aromatic carbocycles. The molecule has 1 aromatic rings. The molecule has 0 N–H and O–H groups in total. The van der Waals surface area contributed by atoms with Crippen molar-refractivity contribution in [1.82, 2.24) is 14.7 Å². The Morgan fingerprint density at radius 2 is 1.64 bits per heavy atom. The number of benzene rings is 1. The molecule has 0 saturated carbocycles. The Morgan fingerprint density at radius 1 is 1.00 bits per heavy atom. The predicted octanol–water partition coefficient (Wildman–Crippen LogP) is 3.34. The molecule has 0 spiro atoms. The number of hydrogen-bond donors (Lipinski definition) is 0. The van der Waals surface area contributed by atoms with Crippen molar-refractivity contribution in [3.8, 4) is 5.75 Å². The summed E-state index contributed by atoms with van der Waals surface area (Å²) in [6.07, 6.45) is 2.72. The van der Waals surface area contributed by atoms with Gasteiger partial charge in [-0.05, 0) is 44.4 Å². The number of ether oxygens (including phenoxy) is 1. The number of halogens is 1. The standard InChI is InChI=1S/C20H32ClN3O/c1-16-4-5-17(2)24(16)13-12-22-8-10-23(11-9-22)15-18-6-7-19(25-3)14-20(18)21/h6-7,14,16-17H,4-5,8-13,15H2,1-3H3/t16-,17-/m0/s1. The molecule has 5 heteroatoms. The lowest BCUT2D eigenvalue weighted by molar-refractivity contribution is 0.106. The topological polar surface area (TPSA) is 19.0 Å². The second kappa shape index (κ2) is 8.72. The van der Waals surface area contributed by atoms with Crippen molar-refractivity contribution in [2.45, 2.75) is 45.3 Å². The van der Waals surface area contributed by atoms with Crippen molar-refractivity contribution in [3.05, 3.63) is 28.8 Å². The summed E-state index contributed by atoms with van der Waals surface area (Å²) < 4.78 is 5.23. The smallest absolute Gasteiger partial charge is 0.120 e. The average Bonchev–Trinajstić information content (AvgIpc) is 2.94. The van der Waals surface area contributed by atoms with Crippen molar-refractivity contribution in [2.75, 3.05) is 46.4 Å². The minimum atomic E-state index is 0.758. The number of hydrogen-bond acceptors (Lipinski definition) is 4. The second-order valence-electron chi connectivity index (χ2n) is 7.59. The monoisotopic (exact) mass is 365 g/mol. The lowest BCUT2D eigenvalue weighted by atomic mass is 10.2. The quantitative estimate of drug-likeness (QED) is 0.769. The van der Waals surface area contributed by atoms with Gasteiger partial charge in [-0.2, -0.15) is 0 Å². The van der Waals surface area contributed by atoms with E-state index in [1.807, 2.05) is 12.1 Å². The summed E-state index contributed by atoms with van der Waals surface area (Å²) in [6.45, 7) is 12.6. The first kappa shape index (κ1) is 19.0. The highest BCUT2D eigenvalue weighted by Crippen LogP contribution is 2.25. The molecule has 25 heavy (non-hydrogen) atoms. The molecule has 2 fully saturated rings. The number of rotatable bonds is 6. The third-order valence-corrected chi connectivity index (χ3v) is 6.28. The van der Waals surface area contributed by atoms with Gasteiger partial charge in [0.15, 0.2) is 0 Å². The van der Waals surface area contributed by atoms with E-state index in [-0.39, 0.29) is 0 Å². The zero-order valence-electron chi connectivity index (χ0n) is 15.9. The van der Waals surface area contributed by atoms with E-state index in [9.17, 15) is 0 Å². The van der Waals surface area contributed by atoms with Crippen LogP contribution in [-0.4, -0.2) is 73.2 Å². The van der Waals surface area contributed by atoms with Gasteiger partial charge in [-0.1, -0.05) is 17.7 Å². The van der Waals surface area contributed by atoms with Gasteiger partial charge in [0.1, 0.15) is 5.75 Å². The Labute approximate surface area is 157 Å². The molecule has 140 valence electrons. The summed E-state index contributed by atoms with van der Waals surface area (Å²) >= 11 is 6.38. The molecule has 2 atom stereocenters. The highest BCUT2D eigenvalue weighted by molar-refractivity contribution is 6.31. The van der Waals surface area contributed by atoms with Gasteiger partial charge < -0.3 is 4.74 Å². The van der Waals surface area contributed by atoms with E-state index in [0.717, 1.165) is 55.6 Å². The van der Waals surface area contributed by atoms with E-state index in [4.69, 9.17) is 16.3 Å². The molecule has 2 aliphatic heterocycles. The normalized spacial score (nSPS) is 26.2. The van der Waals surface area contributed by atoms with Gasteiger partial charge in [-0.15, -0.1) is 0 Å². The molecule has 2 heterocycles. The lowest BCUT2D eigenvalue weighted by Crippen LogP contribution is -2.48. The van der Waals surface area contributed by atoms with Crippen LogP contribution in [0.2, 0.25) is 5.02 Å². The van der Waals surface area contributed by atoms with E-state index in [0.29, 0.717) is 0 Å². The largest absolute Gasteiger partial charge is 0.497 e. The van der Waals surface area contributed by atoms with Gasteiger partial charge in [0.2, 0.25) is 0 Å². The van der Waals surface area contributed by atoms with E-state index in [1.54, 1.807) is 7.11 Å². The number of likely N-dealkylation sites (tertiary alicyclic amines) is 1. The Hall–Kier alpha value is -0.810. The predicted molar refractivity (Wildman–Crippen MR) is 105 cm³/mol. The van der Waals surface area contributed by atoms with E-state index in [2.05, 4.69) is 34.6 Å². The summed E-state index contributed by atoms with van der Waals surface area (Å²) in [5.41, 5.74) is 1.19. The van der Waals surface area contributed by atoms with Crippen LogP contribution in [0.3, 0.4) is 0 Å². The van der Waals surface area contributed by atoms with Gasteiger partial charge in [-0.3, -0.25) is 14.7 Å². The lowest BCUT2D eigenvalue weighted by Gasteiger charge is -2.36. The third-order valence-electron chi connectivity index (χ3n) is 5.93. The molecule has 4 nitrogen and oxygen atoms in total. The van der Waals surface area contributed by atoms with E-state index >= 15 is 0 Å². The Bertz CT molecular complexity index is 550. The Balaban J connectivity index is 1.43. The van der Waals surface area contributed by atoms with Gasteiger partial charge in [-0.25, -0.2) is 0 Å². The molecule has 2 saturated heterocycles. The average molecular weight is 366 g/mol. The number of piperazine rings is 1. The first-order valence-electron chi connectivity index (χ1n) is 9.59. The van der Waals surface area contributed by atoms with Crippen molar-refractivity contribution in [2.24, 2.45) is 0 Å². The summed E-state index contributed by atoms with van der Waals surface area (Å²) in [5.74, 6) is 0.823. The fraction of sp³-hybridized carbons (Fsp3) is 0.700. The molecular formula is C20H32ClN3O. The van der Waals surface area contributed by atoms with Crippen LogP contribution in [0.25, 0.3) is 0 Å². The van der Waals surface area contributed by atoms with Crippen molar-refractivity contribution in [3.63, 3.8) is 0 Å². The third kappa shape index (κ3) is 4.88. The Morgan fingerprint density at radius 3 is 2.24 bits per heavy atom. The van der Waals surface area contributed by atoms with Crippen LogP contribution in [0.1, 0.15) is 32.3 Å². The van der Waals surface area contributed by atoms with Crippen LogP contribution < -0.4 is 4.74 Å². The van der Waals surface area contributed by atoms with Crippen LogP contribution in [0.4, 0.5) is 0 Å². The van der Waals surface area contributed by atoms with E-state index < -0.39 is 0 Å². The molecule has 0 aromatic heterocycles. The summed E-state index contributed by atoms with van der Waals surface area (Å²) in [6, 6.07) is 7.51. The maximum Gasteiger partial charge on any atom is 0.120 e. The van der Waals surface area contributed by atoms with Crippen molar-refractivity contribution in [1.29, 1.82) is 0 Å². The van der Waals surface area contributed by atoms with Crippen LogP contribution >= 0.6 is 11.6 Å². The van der Waals surface area contributed by atoms with E-state index in [1.165, 1.54) is 31.5 Å². The maximum atomic E-state index is 6.38. The van der Waals surface area contributed by atoms with Crippen LogP contribution in [-0.2, 0) is 6.54 Å². The van der Waals surface area contributed by atoms with Crippen LogP contribution in [0, 0.1) is 0 Å². The molecule has 0 bridgehead atoms. The minimum Gasteiger partial charge on any atom is -0.497 e. The van der Waals surface area contributed by atoms with Crippen LogP contribution in [0.5, 0.6) is 5.75 Å². The van der Waals surface area contributed by atoms with Crippen LogP contribution in [0.15, 0.2) is 18.2 Å². The SMILES string of the molecule is COc1ccc(CN2CCN(CCN3[C@@H](C)CC[C@@H]3C)CC2)c(Cl)c1. The van der Waals surface area contributed by atoms with Crippen molar-refractivity contribution >= 4 is 11.6 Å². The molecular weight excluding hydrogens is 334 g/mol. The maximum absolute atomic E-state index is 6.38. The first-order valence-corrected chi connectivity index (χ1v) is 9.97. The van der Waals surface area contributed by atoms with Gasteiger partial charge in [0, 0.05) is 62.9 Å². The molecule has 2 aliphatic rings.